The summed E-state index contributed by atoms with van der Waals surface area (Å²) in [5, 5.41) is 4.56. The van der Waals surface area contributed by atoms with Gasteiger partial charge in [-0.2, -0.15) is 5.10 Å². The molecule has 1 aromatic heterocycles. The number of aromatic nitrogens is 2. The Morgan fingerprint density at radius 1 is 1.29 bits per heavy atom. The molecule has 1 saturated carbocycles. The lowest BCUT2D eigenvalue weighted by atomic mass is 10.2. The Balaban J connectivity index is 1.49. The van der Waals surface area contributed by atoms with Crippen molar-refractivity contribution in [1.29, 1.82) is 0 Å². The second-order valence-corrected chi connectivity index (χ2v) is 8.02. The molecule has 2 saturated heterocycles. The van der Waals surface area contributed by atoms with E-state index in [-0.39, 0.29) is 12.1 Å². The van der Waals surface area contributed by atoms with Crippen LogP contribution in [0.15, 0.2) is 6.20 Å². The van der Waals surface area contributed by atoms with Gasteiger partial charge in [-0.3, -0.25) is 0 Å². The van der Waals surface area contributed by atoms with Crippen LogP contribution >= 0.6 is 0 Å². The third-order valence-corrected chi connectivity index (χ3v) is 4.92. The third kappa shape index (κ3) is 2.64. The van der Waals surface area contributed by atoms with E-state index in [1.807, 2.05) is 31.9 Å². The molecular weight excluding hydrogens is 308 g/mol. The number of fused-ring (bicyclic) bond motifs is 1. The summed E-state index contributed by atoms with van der Waals surface area (Å²) in [6.45, 7) is 10.8. The summed E-state index contributed by atoms with van der Waals surface area (Å²) in [5.41, 5.74) is 0.746. The molecule has 3 fully saturated rings. The van der Waals surface area contributed by atoms with Crippen molar-refractivity contribution < 1.29 is 14.3 Å². The molecule has 0 bridgehead atoms. The van der Waals surface area contributed by atoms with Gasteiger partial charge in [0, 0.05) is 18.7 Å². The summed E-state index contributed by atoms with van der Waals surface area (Å²) in [5.74, 6) is 1.19. The van der Waals surface area contributed by atoms with Gasteiger partial charge in [-0.15, -0.1) is 0 Å². The van der Waals surface area contributed by atoms with Gasteiger partial charge in [0.05, 0.1) is 31.5 Å². The highest BCUT2D eigenvalue weighted by atomic mass is 16.6. The highest BCUT2D eigenvalue weighted by molar-refractivity contribution is 5.70. The summed E-state index contributed by atoms with van der Waals surface area (Å²) < 4.78 is 13.0. The van der Waals surface area contributed by atoms with E-state index in [1.54, 1.807) is 0 Å². The van der Waals surface area contributed by atoms with E-state index in [0.29, 0.717) is 18.6 Å². The molecule has 7 heteroatoms. The number of aryl methyl sites for hydroxylation is 1. The first-order chi connectivity index (χ1) is 11.3. The van der Waals surface area contributed by atoms with Crippen molar-refractivity contribution in [3.63, 3.8) is 0 Å². The molecule has 2 aliphatic heterocycles. The van der Waals surface area contributed by atoms with Crippen LogP contribution in [0.5, 0.6) is 0 Å². The number of rotatable bonds is 2. The normalized spacial score (nSPS) is 26.8. The molecule has 132 valence electrons. The molecule has 4 rings (SSSR count). The van der Waals surface area contributed by atoms with Crippen LogP contribution in [0.2, 0.25) is 0 Å². The summed E-state index contributed by atoms with van der Waals surface area (Å²) >= 11 is 0. The number of amides is 1. The average molecular weight is 334 g/mol. The minimum Gasteiger partial charge on any atom is -0.444 e. The Bertz CT molecular complexity index is 647. The van der Waals surface area contributed by atoms with Gasteiger partial charge in [0.25, 0.3) is 0 Å². The number of hydrogen-bond acceptors (Lipinski definition) is 5. The fraction of sp³-hybridized carbons (Fsp3) is 0.765. The van der Waals surface area contributed by atoms with Crippen LogP contribution < -0.4 is 4.90 Å². The van der Waals surface area contributed by atoms with Crippen molar-refractivity contribution >= 4 is 11.9 Å². The predicted octanol–water partition coefficient (Wildman–Crippen LogP) is 1.96. The van der Waals surface area contributed by atoms with Crippen molar-refractivity contribution in [2.24, 2.45) is 0 Å². The maximum atomic E-state index is 12.4. The van der Waals surface area contributed by atoms with E-state index < -0.39 is 5.60 Å². The molecule has 0 N–H and O–H groups in total. The molecule has 2 unspecified atom stereocenters. The van der Waals surface area contributed by atoms with Crippen LogP contribution in [0.3, 0.4) is 0 Å². The first-order valence-electron chi connectivity index (χ1n) is 8.73. The number of nitrogens with zero attached hydrogens (tertiary/aromatic N) is 4. The van der Waals surface area contributed by atoms with Gasteiger partial charge in [0.2, 0.25) is 0 Å². The number of carbonyl (C=O) groups excluding carboxylic acids is 1. The zero-order valence-corrected chi connectivity index (χ0v) is 14.9. The molecule has 1 amide bonds. The molecule has 2 atom stereocenters. The number of piperazine rings is 1. The van der Waals surface area contributed by atoms with Crippen molar-refractivity contribution in [2.75, 3.05) is 31.2 Å². The second kappa shape index (κ2) is 5.37. The van der Waals surface area contributed by atoms with Crippen molar-refractivity contribution in [1.82, 2.24) is 14.7 Å². The van der Waals surface area contributed by atoms with Crippen LogP contribution in [0, 0.1) is 6.92 Å². The molecule has 0 spiro atoms. The molecule has 0 aromatic carbocycles. The van der Waals surface area contributed by atoms with E-state index in [4.69, 9.17) is 9.47 Å². The molecule has 1 aliphatic carbocycles. The van der Waals surface area contributed by atoms with Gasteiger partial charge in [-0.1, -0.05) is 0 Å². The summed E-state index contributed by atoms with van der Waals surface area (Å²) in [6, 6.07) is 0.977. The lowest BCUT2D eigenvalue weighted by Gasteiger charge is -2.38. The minimum absolute atomic E-state index is 0.188. The highest BCUT2D eigenvalue weighted by Gasteiger charge is 2.52. The molecule has 24 heavy (non-hydrogen) atoms. The quantitative estimate of drug-likeness (QED) is 0.827. The van der Waals surface area contributed by atoms with Gasteiger partial charge in [-0.25, -0.2) is 9.48 Å². The lowest BCUT2D eigenvalue weighted by Crippen LogP contribution is -2.51. The zero-order valence-electron chi connectivity index (χ0n) is 14.9. The van der Waals surface area contributed by atoms with Gasteiger partial charge in [0.15, 0.2) is 0 Å². The Labute approximate surface area is 142 Å². The van der Waals surface area contributed by atoms with Gasteiger partial charge in [-0.05, 0) is 34.1 Å². The zero-order chi connectivity index (χ0) is 17.1. The highest BCUT2D eigenvalue weighted by Crippen LogP contribution is 2.42. The fourth-order valence-corrected chi connectivity index (χ4v) is 3.63. The smallest absolute Gasteiger partial charge is 0.410 e. The van der Waals surface area contributed by atoms with Crippen LogP contribution in [0.25, 0.3) is 0 Å². The number of hydrogen-bond donors (Lipinski definition) is 0. The van der Waals surface area contributed by atoms with Crippen LogP contribution in [0.4, 0.5) is 10.6 Å². The summed E-state index contributed by atoms with van der Waals surface area (Å²) in [4.78, 5) is 16.7. The Morgan fingerprint density at radius 3 is 2.67 bits per heavy atom. The monoisotopic (exact) mass is 334 g/mol. The molecule has 0 radical (unpaired) electrons. The first-order valence-corrected chi connectivity index (χ1v) is 8.73. The number of ether oxygens (including phenoxy) is 2. The Kier molecular flexibility index (Phi) is 3.53. The van der Waals surface area contributed by atoms with Crippen LogP contribution in [0.1, 0.15) is 38.8 Å². The molecule has 7 nitrogen and oxygen atoms in total. The first kappa shape index (κ1) is 15.7. The third-order valence-electron chi connectivity index (χ3n) is 4.92. The second-order valence-electron chi connectivity index (χ2n) is 8.02. The lowest BCUT2D eigenvalue weighted by molar-refractivity contribution is -0.0281. The largest absolute Gasteiger partial charge is 0.444 e. The van der Waals surface area contributed by atoms with Crippen molar-refractivity contribution in [3.8, 4) is 0 Å². The Hall–Kier alpha value is -1.76. The minimum atomic E-state index is -0.446. The topological polar surface area (TPSA) is 59.8 Å². The van der Waals surface area contributed by atoms with Crippen LogP contribution in [-0.2, 0) is 9.47 Å². The maximum absolute atomic E-state index is 12.4. The van der Waals surface area contributed by atoms with E-state index in [9.17, 15) is 4.79 Å². The SMILES string of the molecule is Cc1cnn(C2COC2)c1N1CCN(C(=O)OC(C)(C)C)C2CC21. The van der Waals surface area contributed by atoms with Gasteiger partial charge in [0.1, 0.15) is 17.5 Å². The summed E-state index contributed by atoms with van der Waals surface area (Å²) in [6.07, 6.45) is 2.75. The fourth-order valence-electron chi connectivity index (χ4n) is 3.63. The van der Waals surface area contributed by atoms with Gasteiger partial charge >= 0.3 is 6.09 Å². The molecular formula is C17H26N4O3. The molecule has 1 aromatic rings. The van der Waals surface area contributed by atoms with E-state index >= 15 is 0 Å². The molecule has 3 heterocycles. The van der Waals surface area contributed by atoms with E-state index in [2.05, 4.69) is 21.6 Å². The van der Waals surface area contributed by atoms with E-state index in [0.717, 1.165) is 26.2 Å². The Morgan fingerprint density at radius 2 is 2.04 bits per heavy atom. The maximum Gasteiger partial charge on any atom is 0.410 e. The predicted molar refractivity (Wildman–Crippen MR) is 89.3 cm³/mol. The number of carbonyl (C=O) groups is 1. The average Bonchev–Trinajstić information content (AvgIpc) is 3.13. The van der Waals surface area contributed by atoms with Crippen molar-refractivity contribution in [2.45, 2.75) is 57.8 Å². The van der Waals surface area contributed by atoms with Crippen LogP contribution in [-0.4, -0.2) is 64.8 Å². The van der Waals surface area contributed by atoms with Crippen molar-refractivity contribution in [3.05, 3.63) is 11.8 Å². The standard InChI is InChI=1S/C17H26N4O3/c1-11-8-18-21(12-9-23-10-12)15(11)19-5-6-20(14-7-13(14)19)16(22)24-17(2,3)4/h8,12-14H,5-7,9-10H2,1-4H3. The number of anilines is 1. The van der Waals surface area contributed by atoms with Gasteiger partial charge < -0.3 is 19.3 Å². The molecule has 3 aliphatic rings. The summed E-state index contributed by atoms with van der Waals surface area (Å²) in [7, 11) is 0. The van der Waals surface area contributed by atoms with E-state index in [1.165, 1.54) is 11.4 Å².